The van der Waals surface area contributed by atoms with Gasteiger partial charge >= 0.3 is 11.9 Å². The highest BCUT2D eigenvalue weighted by Crippen LogP contribution is 2.33. The Morgan fingerprint density at radius 1 is 1.15 bits per heavy atom. The van der Waals surface area contributed by atoms with Gasteiger partial charge in [0.25, 0.3) is 0 Å². The van der Waals surface area contributed by atoms with E-state index in [0.717, 1.165) is 0 Å². The van der Waals surface area contributed by atoms with Gasteiger partial charge in [-0.15, -0.1) is 0 Å². The summed E-state index contributed by atoms with van der Waals surface area (Å²) in [6.07, 6.45) is 2.28. The SMILES string of the molecule is C/C=C(/C)C(=O)O[C@H]1C=C(CO)C(=O)[C@H](OC(=O)/C(C)=C/CO)[C@H]1C(C)C. The fourth-order valence-corrected chi connectivity index (χ4v) is 2.79. The summed E-state index contributed by atoms with van der Waals surface area (Å²) in [6, 6.07) is 0. The van der Waals surface area contributed by atoms with Crippen molar-refractivity contribution in [2.45, 2.75) is 46.8 Å². The molecule has 1 rings (SSSR count). The molecule has 0 aromatic carbocycles. The van der Waals surface area contributed by atoms with Gasteiger partial charge < -0.3 is 19.7 Å². The molecule has 1 aliphatic rings. The van der Waals surface area contributed by atoms with Crippen LogP contribution in [0.1, 0.15) is 34.6 Å². The Morgan fingerprint density at radius 2 is 1.74 bits per heavy atom. The van der Waals surface area contributed by atoms with Gasteiger partial charge in [-0.25, -0.2) is 9.59 Å². The van der Waals surface area contributed by atoms with E-state index >= 15 is 0 Å². The minimum atomic E-state index is -1.20. The topological polar surface area (TPSA) is 110 Å². The highest BCUT2D eigenvalue weighted by molar-refractivity contribution is 6.02. The second-order valence-electron chi connectivity index (χ2n) is 6.77. The van der Waals surface area contributed by atoms with Crippen molar-refractivity contribution in [1.82, 2.24) is 0 Å². The molecule has 0 saturated heterocycles. The van der Waals surface area contributed by atoms with Crippen LogP contribution in [0.3, 0.4) is 0 Å². The molecule has 0 fully saturated rings. The number of allylic oxidation sites excluding steroid dienone is 1. The maximum atomic E-state index is 12.7. The van der Waals surface area contributed by atoms with Crippen LogP contribution in [0.4, 0.5) is 0 Å². The Labute approximate surface area is 159 Å². The van der Waals surface area contributed by atoms with Crippen LogP contribution in [0, 0.1) is 11.8 Å². The van der Waals surface area contributed by atoms with Gasteiger partial charge in [0, 0.05) is 22.6 Å². The predicted octanol–water partition coefficient (Wildman–Crippen LogP) is 1.49. The lowest BCUT2D eigenvalue weighted by atomic mass is 9.77. The van der Waals surface area contributed by atoms with Crippen LogP contribution in [0.5, 0.6) is 0 Å². The van der Waals surface area contributed by atoms with Gasteiger partial charge in [0.1, 0.15) is 6.10 Å². The number of hydrogen-bond donors (Lipinski definition) is 2. The summed E-state index contributed by atoms with van der Waals surface area (Å²) in [6.45, 7) is 7.55. The van der Waals surface area contributed by atoms with E-state index in [1.807, 2.05) is 13.8 Å². The van der Waals surface area contributed by atoms with Gasteiger partial charge in [-0.1, -0.05) is 19.9 Å². The number of ether oxygens (including phenoxy) is 2. The molecule has 0 spiro atoms. The first-order valence-electron chi connectivity index (χ1n) is 8.86. The van der Waals surface area contributed by atoms with E-state index in [9.17, 15) is 19.5 Å². The molecular formula is C20H28O7. The molecule has 0 saturated carbocycles. The van der Waals surface area contributed by atoms with Crippen molar-refractivity contribution < 1.29 is 34.1 Å². The molecule has 0 aromatic rings. The number of carbonyl (C=O) groups excluding carboxylic acids is 3. The summed E-state index contributed by atoms with van der Waals surface area (Å²) >= 11 is 0. The van der Waals surface area contributed by atoms with E-state index < -0.39 is 42.5 Å². The van der Waals surface area contributed by atoms with Crippen molar-refractivity contribution in [2.75, 3.05) is 13.2 Å². The van der Waals surface area contributed by atoms with E-state index in [0.29, 0.717) is 5.57 Å². The van der Waals surface area contributed by atoms with Crippen molar-refractivity contribution >= 4 is 17.7 Å². The molecule has 7 nitrogen and oxygen atoms in total. The molecule has 0 unspecified atom stereocenters. The standard InChI is InChI=1S/C20H28O7/c1-6-12(4)19(24)26-15-9-14(10-22)17(23)18(16(15)11(2)3)27-20(25)13(5)7-8-21/h6-7,9,11,15-16,18,21-22H,8,10H2,1-5H3/b12-6-,13-7+/t15-,16-,18+/m0/s1. The Bertz CT molecular complexity index is 670. The molecule has 27 heavy (non-hydrogen) atoms. The fraction of sp³-hybridized carbons (Fsp3) is 0.550. The lowest BCUT2D eigenvalue weighted by Gasteiger charge is -2.37. The maximum Gasteiger partial charge on any atom is 0.334 e. The summed E-state index contributed by atoms with van der Waals surface area (Å²) in [5.41, 5.74) is 0.597. The number of aliphatic hydroxyl groups excluding tert-OH is 2. The van der Waals surface area contributed by atoms with E-state index in [1.54, 1.807) is 19.9 Å². The predicted molar refractivity (Wildman–Crippen MR) is 98.5 cm³/mol. The molecule has 0 heterocycles. The molecule has 1 aliphatic carbocycles. The quantitative estimate of drug-likeness (QED) is 0.508. The van der Waals surface area contributed by atoms with Crippen molar-refractivity contribution in [1.29, 1.82) is 0 Å². The third-order valence-corrected chi connectivity index (χ3v) is 4.56. The highest BCUT2D eigenvalue weighted by atomic mass is 16.6. The van der Waals surface area contributed by atoms with Crippen LogP contribution in [-0.4, -0.2) is 53.4 Å². The van der Waals surface area contributed by atoms with Crippen LogP contribution in [0.25, 0.3) is 0 Å². The molecule has 150 valence electrons. The molecule has 0 amide bonds. The summed E-state index contributed by atoms with van der Waals surface area (Å²) in [7, 11) is 0. The summed E-state index contributed by atoms with van der Waals surface area (Å²) in [4.78, 5) is 37.1. The zero-order valence-corrected chi connectivity index (χ0v) is 16.4. The van der Waals surface area contributed by atoms with E-state index in [1.165, 1.54) is 19.1 Å². The number of carbonyl (C=O) groups is 3. The van der Waals surface area contributed by atoms with Gasteiger partial charge in [0.05, 0.1) is 13.2 Å². The van der Waals surface area contributed by atoms with Crippen LogP contribution in [-0.2, 0) is 23.9 Å². The highest BCUT2D eigenvalue weighted by Gasteiger charge is 2.45. The Balaban J connectivity index is 3.26. The zero-order chi connectivity index (χ0) is 20.7. The molecule has 2 N–H and O–H groups in total. The van der Waals surface area contributed by atoms with Crippen LogP contribution < -0.4 is 0 Å². The van der Waals surface area contributed by atoms with Gasteiger partial charge in [-0.05, 0) is 38.8 Å². The third kappa shape index (κ3) is 5.61. The summed E-state index contributed by atoms with van der Waals surface area (Å²) < 4.78 is 10.9. The average Bonchev–Trinajstić information content (AvgIpc) is 2.62. The van der Waals surface area contributed by atoms with Crippen molar-refractivity contribution in [2.24, 2.45) is 11.8 Å². The van der Waals surface area contributed by atoms with Crippen molar-refractivity contribution in [3.05, 3.63) is 34.9 Å². The number of esters is 2. The number of Topliss-reactive ketones (excluding diaryl/α,β-unsaturated/α-hetero) is 1. The maximum absolute atomic E-state index is 12.7. The van der Waals surface area contributed by atoms with Crippen LogP contribution >= 0.6 is 0 Å². The second kappa shape index (κ2) is 10.2. The van der Waals surface area contributed by atoms with Crippen molar-refractivity contribution in [3.63, 3.8) is 0 Å². The fourth-order valence-electron chi connectivity index (χ4n) is 2.79. The zero-order valence-electron chi connectivity index (χ0n) is 16.4. The molecule has 0 aliphatic heterocycles. The minimum absolute atomic E-state index is 0.0319. The lowest BCUT2D eigenvalue weighted by Crippen LogP contribution is -2.49. The number of aliphatic hydroxyl groups is 2. The molecule has 0 bridgehead atoms. The first kappa shape index (κ1) is 22.8. The Kier molecular flexibility index (Phi) is 8.59. The average molecular weight is 380 g/mol. The molecule has 0 radical (unpaired) electrons. The van der Waals surface area contributed by atoms with Gasteiger partial charge in [0.15, 0.2) is 6.10 Å². The van der Waals surface area contributed by atoms with Gasteiger partial charge in [-0.2, -0.15) is 0 Å². The normalized spacial score (nSPS) is 23.9. The minimum Gasteiger partial charge on any atom is -0.454 e. The molecule has 3 atom stereocenters. The lowest BCUT2D eigenvalue weighted by molar-refractivity contribution is -0.163. The largest absolute Gasteiger partial charge is 0.454 e. The first-order valence-corrected chi connectivity index (χ1v) is 8.86. The summed E-state index contributed by atoms with van der Waals surface area (Å²) in [5.74, 6) is -2.57. The van der Waals surface area contributed by atoms with Crippen LogP contribution in [0.2, 0.25) is 0 Å². The molecule has 0 aromatic heterocycles. The van der Waals surface area contributed by atoms with Gasteiger partial charge in [-0.3, -0.25) is 4.79 Å². The monoisotopic (exact) mass is 380 g/mol. The van der Waals surface area contributed by atoms with Gasteiger partial charge in [0.2, 0.25) is 5.78 Å². The number of hydrogen-bond acceptors (Lipinski definition) is 7. The molecular weight excluding hydrogens is 352 g/mol. The smallest absolute Gasteiger partial charge is 0.334 e. The van der Waals surface area contributed by atoms with Crippen LogP contribution in [0.15, 0.2) is 34.9 Å². The summed E-state index contributed by atoms with van der Waals surface area (Å²) in [5, 5.41) is 18.4. The third-order valence-electron chi connectivity index (χ3n) is 4.56. The first-order chi connectivity index (χ1) is 12.7. The second-order valence-corrected chi connectivity index (χ2v) is 6.77. The Hall–Kier alpha value is -2.25. The number of rotatable bonds is 7. The van der Waals surface area contributed by atoms with E-state index in [-0.39, 0.29) is 23.7 Å². The van der Waals surface area contributed by atoms with E-state index in [2.05, 4.69) is 0 Å². The van der Waals surface area contributed by atoms with Crippen molar-refractivity contribution in [3.8, 4) is 0 Å². The van der Waals surface area contributed by atoms with E-state index in [4.69, 9.17) is 14.6 Å². The Morgan fingerprint density at radius 3 is 2.22 bits per heavy atom. The number of ketones is 1. The molecule has 7 heteroatoms.